The lowest BCUT2D eigenvalue weighted by Gasteiger charge is -2.09. The van der Waals surface area contributed by atoms with Gasteiger partial charge in [0.1, 0.15) is 6.33 Å². The molecule has 25 heavy (non-hydrogen) atoms. The van der Waals surface area contributed by atoms with Gasteiger partial charge in [0.15, 0.2) is 22.8 Å². The first-order chi connectivity index (χ1) is 12.4. The van der Waals surface area contributed by atoms with Gasteiger partial charge in [-0.05, 0) is 24.3 Å². The zero-order valence-corrected chi connectivity index (χ0v) is 13.9. The summed E-state index contributed by atoms with van der Waals surface area (Å²) in [5.74, 6) is 1.81. The quantitative estimate of drug-likeness (QED) is 0.571. The Morgan fingerprint density at radius 1 is 1.16 bits per heavy atom. The Morgan fingerprint density at radius 3 is 2.88 bits per heavy atom. The Labute approximate surface area is 147 Å². The van der Waals surface area contributed by atoms with E-state index in [0.717, 1.165) is 35.5 Å². The highest BCUT2D eigenvalue weighted by atomic mass is 32.1. The number of hydrogen-bond acceptors (Lipinski definition) is 8. The summed E-state index contributed by atoms with van der Waals surface area (Å²) in [6.07, 6.45) is 8.98. The van der Waals surface area contributed by atoms with Crippen molar-refractivity contribution in [3.05, 3.63) is 41.7 Å². The van der Waals surface area contributed by atoms with E-state index in [0.29, 0.717) is 17.8 Å². The minimum Gasteiger partial charge on any atom is -0.365 e. The van der Waals surface area contributed by atoms with Gasteiger partial charge in [-0.3, -0.25) is 9.55 Å². The number of imidazole rings is 1. The summed E-state index contributed by atoms with van der Waals surface area (Å²) in [6, 6.07) is 2.51. The van der Waals surface area contributed by atoms with Crippen molar-refractivity contribution in [2.24, 2.45) is 0 Å². The van der Waals surface area contributed by atoms with Crippen molar-refractivity contribution in [1.82, 2.24) is 29.5 Å². The molecule has 0 unspecified atom stereocenters. The number of nitrogens with zero attached hydrogens (tertiary/aromatic N) is 6. The molecule has 1 aliphatic carbocycles. The summed E-state index contributed by atoms with van der Waals surface area (Å²) in [5.41, 5.74) is 2.56. The largest absolute Gasteiger partial charge is 0.365 e. The summed E-state index contributed by atoms with van der Waals surface area (Å²) in [7, 11) is 0. The van der Waals surface area contributed by atoms with Gasteiger partial charge in [0, 0.05) is 23.8 Å². The molecule has 124 valence electrons. The Kier molecular flexibility index (Phi) is 3.30. The average molecular weight is 350 g/mol. The van der Waals surface area contributed by atoms with Crippen LogP contribution in [0, 0.1) is 0 Å². The molecule has 0 saturated heterocycles. The van der Waals surface area contributed by atoms with Crippen molar-refractivity contribution in [2.75, 3.05) is 10.6 Å². The molecule has 8 nitrogen and oxygen atoms in total. The lowest BCUT2D eigenvalue weighted by molar-refractivity contribution is 1.06. The summed E-state index contributed by atoms with van der Waals surface area (Å²) in [6.45, 7) is 0. The number of rotatable bonds is 5. The van der Waals surface area contributed by atoms with E-state index >= 15 is 0 Å². The van der Waals surface area contributed by atoms with Crippen molar-refractivity contribution in [3.63, 3.8) is 0 Å². The van der Waals surface area contributed by atoms with Crippen LogP contribution in [0.1, 0.15) is 12.8 Å². The average Bonchev–Trinajstić information content (AvgIpc) is 3.10. The first-order valence-corrected chi connectivity index (χ1v) is 8.88. The topological polar surface area (TPSA) is 93.4 Å². The molecule has 0 amide bonds. The second kappa shape index (κ2) is 5.78. The van der Waals surface area contributed by atoms with Crippen LogP contribution in [0.4, 0.5) is 17.6 Å². The number of fused-ring (bicyclic) bond motifs is 1. The molecule has 1 fully saturated rings. The van der Waals surface area contributed by atoms with Gasteiger partial charge in [-0.15, -0.1) is 0 Å². The third-order valence-electron chi connectivity index (χ3n) is 3.90. The molecule has 4 heterocycles. The maximum atomic E-state index is 4.65. The molecule has 4 aromatic rings. The van der Waals surface area contributed by atoms with Crippen molar-refractivity contribution >= 4 is 40.1 Å². The first-order valence-electron chi connectivity index (χ1n) is 7.94. The molecule has 1 aliphatic rings. The number of hydrogen-bond donors (Lipinski definition) is 2. The Balaban J connectivity index is 1.63. The van der Waals surface area contributed by atoms with Crippen molar-refractivity contribution in [1.29, 1.82) is 0 Å². The van der Waals surface area contributed by atoms with E-state index < -0.39 is 0 Å². The molecule has 4 aromatic heterocycles. The second-order valence-corrected chi connectivity index (χ2v) is 6.58. The fourth-order valence-corrected chi connectivity index (χ4v) is 3.17. The van der Waals surface area contributed by atoms with Crippen molar-refractivity contribution < 1.29 is 0 Å². The summed E-state index contributed by atoms with van der Waals surface area (Å²) in [4.78, 5) is 22.1. The van der Waals surface area contributed by atoms with Crippen molar-refractivity contribution in [2.45, 2.75) is 18.9 Å². The van der Waals surface area contributed by atoms with Gasteiger partial charge in [-0.25, -0.2) is 9.97 Å². The highest BCUT2D eigenvalue weighted by Crippen LogP contribution is 2.29. The fraction of sp³-hybridized carbons (Fsp3) is 0.188. The standard InChI is InChI=1S/C16H14N8S/c1-2-10(1)20-14-13-15(24(9-19-13)11-3-6-25-8-11)23-16(22-14)21-12-7-17-4-5-18-12/h3-10H,1-2H2,(H2,18,20,21,22,23). The van der Waals surface area contributed by atoms with Crippen LogP contribution in [0.5, 0.6) is 0 Å². The first kappa shape index (κ1) is 14.3. The van der Waals surface area contributed by atoms with E-state index in [-0.39, 0.29) is 0 Å². The summed E-state index contributed by atoms with van der Waals surface area (Å²) < 4.78 is 1.97. The molecular formula is C16H14N8S. The number of anilines is 3. The normalized spacial score (nSPS) is 13.9. The van der Waals surface area contributed by atoms with Gasteiger partial charge in [-0.1, -0.05) is 0 Å². The monoisotopic (exact) mass is 350 g/mol. The Morgan fingerprint density at radius 2 is 2.12 bits per heavy atom. The lowest BCUT2D eigenvalue weighted by atomic mass is 10.4. The van der Waals surface area contributed by atoms with Crippen LogP contribution in [0.25, 0.3) is 16.9 Å². The van der Waals surface area contributed by atoms with Gasteiger partial charge < -0.3 is 10.6 Å². The van der Waals surface area contributed by atoms with Crippen LogP contribution in [-0.2, 0) is 0 Å². The second-order valence-electron chi connectivity index (χ2n) is 5.80. The van der Waals surface area contributed by atoms with Crippen LogP contribution >= 0.6 is 11.3 Å². The SMILES string of the molecule is c1cnc(Nc2nc(NC3CC3)c3ncn(-c4ccsc4)c3n2)cn1. The zero-order chi connectivity index (χ0) is 16.6. The van der Waals surface area contributed by atoms with Crippen LogP contribution in [0.2, 0.25) is 0 Å². The minimum absolute atomic E-state index is 0.466. The molecule has 5 rings (SSSR count). The highest BCUT2D eigenvalue weighted by Gasteiger charge is 2.24. The maximum absolute atomic E-state index is 4.65. The molecule has 0 radical (unpaired) electrons. The Hall–Kier alpha value is -3.07. The number of nitrogens with one attached hydrogen (secondary N) is 2. The molecular weight excluding hydrogens is 336 g/mol. The summed E-state index contributed by atoms with van der Waals surface area (Å²) in [5, 5.41) is 10.7. The predicted molar refractivity (Wildman–Crippen MR) is 96.5 cm³/mol. The van der Waals surface area contributed by atoms with Gasteiger partial charge in [0.25, 0.3) is 0 Å². The van der Waals surface area contributed by atoms with E-state index in [1.807, 2.05) is 16.0 Å². The maximum Gasteiger partial charge on any atom is 0.232 e. The summed E-state index contributed by atoms with van der Waals surface area (Å²) >= 11 is 1.64. The van der Waals surface area contributed by atoms with Crippen LogP contribution in [0.3, 0.4) is 0 Å². The van der Waals surface area contributed by atoms with E-state index in [1.54, 1.807) is 36.3 Å². The van der Waals surface area contributed by atoms with Crippen LogP contribution in [-0.4, -0.2) is 35.5 Å². The van der Waals surface area contributed by atoms with Crippen LogP contribution in [0.15, 0.2) is 41.7 Å². The fourth-order valence-electron chi connectivity index (χ4n) is 2.54. The minimum atomic E-state index is 0.466. The molecule has 0 aromatic carbocycles. The smallest absolute Gasteiger partial charge is 0.232 e. The lowest BCUT2D eigenvalue weighted by Crippen LogP contribution is -2.08. The van der Waals surface area contributed by atoms with Gasteiger partial charge >= 0.3 is 0 Å². The third kappa shape index (κ3) is 2.78. The van der Waals surface area contributed by atoms with E-state index in [2.05, 4.69) is 40.9 Å². The molecule has 0 bridgehead atoms. The molecule has 9 heteroatoms. The Bertz CT molecular complexity index is 1010. The van der Waals surface area contributed by atoms with Crippen LogP contribution < -0.4 is 10.6 Å². The van der Waals surface area contributed by atoms with Gasteiger partial charge in [0.05, 0.1) is 11.9 Å². The number of thiophene rings is 1. The van der Waals surface area contributed by atoms with Gasteiger partial charge in [0.2, 0.25) is 5.95 Å². The molecule has 1 saturated carbocycles. The van der Waals surface area contributed by atoms with E-state index in [4.69, 9.17) is 0 Å². The predicted octanol–water partition coefficient (Wildman–Crippen LogP) is 2.98. The molecule has 0 spiro atoms. The third-order valence-corrected chi connectivity index (χ3v) is 4.57. The highest BCUT2D eigenvalue weighted by molar-refractivity contribution is 7.08. The van der Waals surface area contributed by atoms with E-state index in [9.17, 15) is 0 Å². The molecule has 0 atom stereocenters. The van der Waals surface area contributed by atoms with Gasteiger partial charge in [-0.2, -0.15) is 21.3 Å². The van der Waals surface area contributed by atoms with E-state index in [1.165, 1.54) is 0 Å². The molecule has 2 N–H and O–H groups in total. The zero-order valence-electron chi connectivity index (χ0n) is 13.1. The number of aromatic nitrogens is 6. The van der Waals surface area contributed by atoms with Crippen molar-refractivity contribution in [3.8, 4) is 5.69 Å². The molecule has 0 aliphatic heterocycles.